The van der Waals surface area contributed by atoms with Gasteiger partial charge in [0.05, 0.1) is 28.4 Å². The Labute approximate surface area is 280 Å². The molecule has 0 radical (unpaired) electrons. The second-order valence-corrected chi connectivity index (χ2v) is 13.3. The Balaban J connectivity index is 1.28. The van der Waals surface area contributed by atoms with E-state index in [1.165, 1.54) is 47.3 Å². The highest BCUT2D eigenvalue weighted by atomic mass is 32.1. The topological polar surface area (TPSA) is 41.6 Å². The lowest BCUT2D eigenvalue weighted by Gasteiger charge is -2.17. The van der Waals surface area contributed by atoms with Gasteiger partial charge in [-0.15, -0.1) is 11.3 Å². The molecule has 3 aromatic heterocycles. The van der Waals surface area contributed by atoms with Crippen molar-refractivity contribution in [3.8, 4) is 34.1 Å². The van der Waals surface area contributed by atoms with Gasteiger partial charge in [-0.2, -0.15) is 5.26 Å². The molecule has 222 valence electrons. The van der Waals surface area contributed by atoms with Gasteiger partial charge >= 0.3 is 0 Å². The van der Waals surface area contributed by atoms with Crippen molar-refractivity contribution in [2.24, 2.45) is 0 Å². The zero-order chi connectivity index (χ0) is 31.8. The second-order valence-electron chi connectivity index (χ2n) is 12.2. The smallest absolute Gasteiger partial charge is 0.0991 e. The summed E-state index contributed by atoms with van der Waals surface area (Å²) in [5.41, 5.74) is 8.42. The number of nitrogens with zero attached hydrogens (tertiary/aromatic N) is 3. The molecule has 0 amide bonds. The Hall–Kier alpha value is -6.28. The van der Waals surface area contributed by atoms with E-state index in [0.717, 1.165) is 44.3 Å². The van der Waals surface area contributed by atoms with E-state index in [9.17, 15) is 5.26 Å². The molecule has 10 aromatic rings. The molecular weight excluding hydrogens is 603 g/mol. The summed E-state index contributed by atoms with van der Waals surface area (Å²) in [5, 5.41) is 19.4. The molecule has 48 heavy (non-hydrogen) atoms. The molecule has 4 heteroatoms. The molecule has 0 saturated heterocycles. The molecule has 0 bridgehead atoms. The van der Waals surface area contributed by atoms with Crippen LogP contribution in [0.3, 0.4) is 0 Å². The van der Waals surface area contributed by atoms with E-state index in [1.54, 1.807) is 0 Å². The molecule has 7 aromatic carbocycles. The average Bonchev–Trinajstić information content (AvgIpc) is 3.68. The fraction of sp³-hybridized carbons (Fsp3) is 0. The lowest BCUT2D eigenvalue weighted by molar-refractivity contribution is 1.19. The van der Waals surface area contributed by atoms with E-state index in [2.05, 4.69) is 138 Å². The maximum atomic E-state index is 9.92. The van der Waals surface area contributed by atoms with E-state index < -0.39 is 0 Å². The van der Waals surface area contributed by atoms with Gasteiger partial charge in [-0.25, -0.2) is 0 Å². The van der Waals surface area contributed by atoms with Gasteiger partial charge in [-0.05, 0) is 99.4 Å². The molecule has 0 spiro atoms. The maximum absolute atomic E-state index is 9.92. The molecular formula is C44H25N3S. The Kier molecular flexibility index (Phi) is 5.81. The lowest BCUT2D eigenvalue weighted by atomic mass is 9.87. The van der Waals surface area contributed by atoms with Crippen molar-refractivity contribution in [3.05, 3.63) is 157 Å². The molecule has 0 aliphatic heterocycles. The number of rotatable bonds is 3. The lowest BCUT2D eigenvalue weighted by Crippen LogP contribution is -1.94. The molecule has 0 aliphatic rings. The van der Waals surface area contributed by atoms with Crippen molar-refractivity contribution in [3.63, 3.8) is 0 Å². The molecule has 0 fully saturated rings. The third-order valence-corrected chi connectivity index (χ3v) is 10.8. The SMILES string of the molecule is N#Cc1ccc2c(c1)c1cc(-c3c4ccccc4c(-c4ccccn4)c4ccccc34)ccc1n2-c1ccc2sc3ccccc3c2c1. The number of fused-ring (bicyclic) bond motifs is 8. The van der Waals surface area contributed by atoms with Gasteiger partial charge in [0.1, 0.15) is 0 Å². The normalized spacial score (nSPS) is 11.7. The Bertz CT molecular complexity index is 2900. The van der Waals surface area contributed by atoms with Crippen molar-refractivity contribution in [2.75, 3.05) is 0 Å². The maximum Gasteiger partial charge on any atom is 0.0991 e. The van der Waals surface area contributed by atoms with Crippen LogP contribution in [0.2, 0.25) is 0 Å². The van der Waals surface area contributed by atoms with Gasteiger partial charge in [0, 0.05) is 48.4 Å². The monoisotopic (exact) mass is 627 g/mol. The molecule has 3 heterocycles. The predicted octanol–water partition coefficient (Wildman–Crippen LogP) is 12.1. The second kappa shape index (κ2) is 10.4. The third-order valence-electron chi connectivity index (χ3n) is 9.65. The highest BCUT2D eigenvalue weighted by Crippen LogP contribution is 2.45. The minimum Gasteiger partial charge on any atom is -0.309 e. The number of pyridine rings is 1. The summed E-state index contributed by atoms with van der Waals surface area (Å²) in [6.07, 6.45) is 1.87. The number of hydrogen-bond acceptors (Lipinski definition) is 3. The van der Waals surface area contributed by atoms with Gasteiger partial charge in [0.2, 0.25) is 0 Å². The van der Waals surface area contributed by atoms with Crippen molar-refractivity contribution in [1.29, 1.82) is 5.26 Å². The summed E-state index contributed by atoms with van der Waals surface area (Å²) in [5.74, 6) is 0. The van der Waals surface area contributed by atoms with Gasteiger partial charge in [-0.3, -0.25) is 4.98 Å². The molecule has 0 aliphatic carbocycles. The van der Waals surface area contributed by atoms with Crippen LogP contribution >= 0.6 is 11.3 Å². The van der Waals surface area contributed by atoms with Crippen molar-refractivity contribution < 1.29 is 0 Å². The molecule has 3 nitrogen and oxygen atoms in total. The van der Waals surface area contributed by atoms with Gasteiger partial charge in [0.25, 0.3) is 0 Å². The minimum atomic E-state index is 0.654. The van der Waals surface area contributed by atoms with Crippen molar-refractivity contribution >= 4 is 74.9 Å². The number of nitriles is 1. The van der Waals surface area contributed by atoms with E-state index >= 15 is 0 Å². The standard InChI is InChI=1S/C44H25N3S/c45-26-27-16-19-39-35(23-27)36-24-28(17-20-40(36)47(39)29-18-21-42-37(25-29)30-9-5-6-15-41(30)48-42)43-31-10-1-3-12-33(31)44(38-14-7-8-22-46-38)34-13-4-2-11-32(34)43/h1-25H. The first-order valence-electron chi connectivity index (χ1n) is 16.0. The summed E-state index contributed by atoms with van der Waals surface area (Å²) in [7, 11) is 0. The van der Waals surface area contributed by atoms with E-state index in [0.29, 0.717) is 5.56 Å². The average molecular weight is 628 g/mol. The zero-order valence-electron chi connectivity index (χ0n) is 25.7. The highest BCUT2D eigenvalue weighted by Gasteiger charge is 2.20. The number of hydrogen-bond donors (Lipinski definition) is 0. The first kappa shape index (κ1) is 26.9. The number of thiophene rings is 1. The summed E-state index contributed by atoms with van der Waals surface area (Å²) in [6, 6.07) is 54.1. The Morgan fingerprint density at radius 2 is 1.12 bits per heavy atom. The summed E-state index contributed by atoms with van der Waals surface area (Å²) >= 11 is 1.83. The van der Waals surface area contributed by atoms with Crippen LogP contribution in [0.25, 0.3) is 91.6 Å². The Morgan fingerprint density at radius 3 is 1.83 bits per heavy atom. The van der Waals surface area contributed by atoms with Crippen LogP contribution < -0.4 is 0 Å². The van der Waals surface area contributed by atoms with Crippen LogP contribution in [0.4, 0.5) is 0 Å². The first-order chi connectivity index (χ1) is 23.8. The van der Waals surface area contributed by atoms with Crippen LogP contribution in [-0.2, 0) is 0 Å². The van der Waals surface area contributed by atoms with Crippen LogP contribution in [0.1, 0.15) is 5.56 Å². The van der Waals surface area contributed by atoms with Crippen LogP contribution in [0, 0.1) is 11.3 Å². The summed E-state index contributed by atoms with van der Waals surface area (Å²) in [6.45, 7) is 0. The molecule has 0 N–H and O–H groups in total. The fourth-order valence-electron chi connectivity index (χ4n) is 7.61. The highest BCUT2D eigenvalue weighted by molar-refractivity contribution is 7.25. The third kappa shape index (κ3) is 3.89. The van der Waals surface area contributed by atoms with E-state index in [1.807, 2.05) is 35.7 Å². The van der Waals surface area contributed by atoms with Crippen molar-refractivity contribution in [1.82, 2.24) is 9.55 Å². The molecule has 0 unspecified atom stereocenters. The summed E-state index contributed by atoms with van der Waals surface area (Å²) < 4.78 is 4.92. The van der Waals surface area contributed by atoms with Crippen LogP contribution in [0.15, 0.2) is 152 Å². The van der Waals surface area contributed by atoms with E-state index in [-0.39, 0.29) is 0 Å². The molecule has 0 saturated carbocycles. The minimum absolute atomic E-state index is 0.654. The van der Waals surface area contributed by atoms with Crippen LogP contribution in [0.5, 0.6) is 0 Å². The first-order valence-corrected chi connectivity index (χ1v) is 16.8. The predicted molar refractivity (Wildman–Crippen MR) is 202 cm³/mol. The quantitative estimate of drug-likeness (QED) is 0.183. The molecule has 0 atom stereocenters. The zero-order valence-corrected chi connectivity index (χ0v) is 26.5. The van der Waals surface area contributed by atoms with Gasteiger partial charge in [-0.1, -0.05) is 78.9 Å². The van der Waals surface area contributed by atoms with Crippen LogP contribution in [-0.4, -0.2) is 9.55 Å². The van der Waals surface area contributed by atoms with E-state index in [4.69, 9.17) is 4.98 Å². The van der Waals surface area contributed by atoms with Gasteiger partial charge < -0.3 is 4.57 Å². The fourth-order valence-corrected chi connectivity index (χ4v) is 8.69. The summed E-state index contributed by atoms with van der Waals surface area (Å²) in [4.78, 5) is 4.78. The largest absolute Gasteiger partial charge is 0.309 e. The number of aromatic nitrogens is 2. The number of benzene rings is 7. The molecule has 10 rings (SSSR count). The Morgan fingerprint density at radius 1 is 0.500 bits per heavy atom. The van der Waals surface area contributed by atoms with Gasteiger partial charge in [0.15, 0.2) is 0 Å². The van der Waals surface area contributed by atoms with Crippen molar-refractivity contribution in [2.45, 2.75) is 0 Å².